The second-order valence-corrected chi connectivity index (χ2v) is 7.64. The van der Waals surface area contributed by atoms with Crippen molar-refractivity contribution in [3.05, 3.63) is 58.3 Å². The van der Waals surface area contributed by atoms with Crippen molar-refractivity contribution in [1.29, 1.82) is 0 Å². The maximum absolute atomic E-state index is 12.7. The predicted octanol–water partition coefficient (Wildman–Crippen LogP) is 3.32. The molecule has 3 aromatic rings. The molecule has 0 saturated carbocycles. The lowest BCUT2D eigenvalue weighted by atomic mass is 10.2. The number of hydrogen-bond acceptors (Lipinski definition) is 6. The van der Waals surface area contributed by atoms with E-state index in [1.54, 1.807) is 31.2 Å². The average molecular weight is 410 g/mol. The molecule has 4 amide bonds. The Bertz CT molecular complexity index is 1100. The number of nitrogens with zero attached hydrogens (tertiary/aromatic N) is 2. The van der Waals surface area contributed by atoms with Crippen LogP contribution in [0, 0.1) is 13.8 Å². The molecule has 0 radical (unpaired) electrons. The first-order chi connectivity index (χ1) is 13.9. The fourth-order valence-electron chi connectivity index (χ4n) is 3.00. The molecule has 0 unspecified atom stereocenters. The molecule has 148 valence electrons. The number of carbonyl (C=O) groups is 3. The summed E-state index contributed by atoms with van der Waals surface area (Å²) in [4.78, 5) is 42.3. The van der Waals surface area contributed by atoms with Gasteiger partial charge in [0.2, 0.25) is 5.91 Å². The third-order valence-electron chi connectivity index (χ3n) is 4.42. The second kappa shape index (κ2) is 7.51. The van der Waals surface area contributed by atoms with E-state index in [2.05, 4.69) is 15.6 Å². The Morgan fingerprint density at radius 1 is 1.28 bits per heavy atom. The minimum atomic E-state index is -0.412. The first-order valence-corrected chi connectivity index (χ1v) is 9.75. The highest BCUT2D eigenvalue weighted by Crippen LogP contribution is 2.30. The smallest absolute Gasteiger partial charge is 0.324 e. The number of thiazole rings is 1. The number of hydrogen-bond donors (Lipinski definition) is 2. The topological polar surface area (TPSA) is 105 Å². The zero-order chi connectivity index (χ0) is 20.5. The SMILES string of the molecule is Cc1ccc(-c2nc(C)c(C(=O)Nc3cccc(CN4C(=O)CNC4=O)c3)s2)o1. The van der Waals surface area contributed by atoms with Gasteiger partial charge in [-0.1, -0.05) is 12.1 Å². The third-order valence-corrected chi connectivity index (χ3v) is 5.59. The molecule has 0 atom stereocenters. The van der Waals surface area contributed by atoms with Gasteiger partial charge in [-0.2, -0.15) is 0 Å². The van der Waals surface area contributed by atoms with Crippen molar-refractivity contribution in [3.63, 3.8) is 0 Å². The van der Waals surface area contributed by atoms with Crippen LogP contribution < -0.4 is 10.6 Å². The fraction of sp³-hybridized carbons (Fsp3) is 0.200. The first kappa shape index (κ1) is 18.9. The molecule has 29 heavy (non-hydrogen) atoms. The normalized spacial score (nSPS) is 13.7. The van der Waals surface area contributed by atoms with Gasteiger partial charge in [0.25, 0.3) is 5.91 Å². The van der Waals surface area contributed by atoms with Crippen LogP contribution in [0.5, 0.6) is 0 Å². The Hall–Kier alpha value is -3.46. The van der Waals surface area contributed by atoms with Crippen LogP contribution in [0.3, 0.4) is 0 Å². The Morgan fingerprint density at radius 3 is 2.79 bits per heavy atom. The molecule has 1 saturated heterocycles. The van der Waals surface area contributed by atoms with Crippen LogP contribution in [-0.2, 0) is 11.3 Å². The van der Waals surface area contributed by atoms with E-state index in [9.17, 15) is 14.4 Å². The molecule has 1 aliphatic rings. The van der Waals surface area contributed by atoms with Gasteiger partial charge in [-0.05, 0) is 43.7 Å². The molecule has 0 aliphatic carbocycles. The van der Waals surface area contributed by atoms with E-state index in [4.69, 9.17) is 4.42 Å². The lowest BCUT2D eigenvalue weighted by Gasteiger charge is -2.13. The Balaban J connectivity index is 1.50. The van der Waals surface area contributed by atoms with Crippen molar-refractivity contribution < 1.29 is 18.8 Å². The van der Waals surface area contributed by atoms with Crippen LogP contribution in [0.15, 0.2) is 40.8 Å². The highest BCUT2D eigenvalue weighted by Gasteiger charge is 2.28. The zero-order valence-electron chi connectivity index (χ0n) is 15.8. The molecule has 9 heteroatoms. The standard InChI is InChI=1S/C20H18N4O4S/c1-11-6-7-15(28-11)19-22-12(2)17(29-19)18(26)23-14-5-3-4-13(8-14)10-24-16(25)9-21-20(24)27/h3-8H,9-10H2,1-2H3,(H,21,27)(H,23,26). The van der Waals surface area contributed by atoms with E-state index >= 15 is 0 Å². The molecule has 4 rings (SSSR count). The Kier molecular flexibility index (Phi) is 4.89. The summed E-state index contributed by atoms with van der Waals surface area (Å²) in [5.41, 5.74) is 1.93. The molecular weight excluding hydrogens is 392 g/mol. The van der Waals surface area contributed by atoms with Gasteiger partial charge >= 0.3 is 6.03 Å². The molecule has 1 aliphatic heterocycles. The summed E-state index contributed by atoms with van der Waals surface area (Å²) >= 11 is 1.26. The minimum absolute atomic E-state index is 0.0114. The van der Waals surface area contributed by atoms with Crippen LogP contribution in [-0.4, -0.2) is 34.3 Å². The molecule has 2 aromatic heterocycles. The summed E-state index contributed by atoms with van der Waals surface area (Å²) in [6.45, 7) is 3.79. The number of furan rings is 1. The van der Waals surface area contributed by atoms with E-state index < -0.39 is 6.03 Å². The number of amides is 4. The van der Waals surface area contributed by atoms with E-state index in [0.29, 0.717) is 27.0 Å². The monoisotopic (exact) mass is 410 g/mol. The number of imide groups is 1. The number of aromatic nitrogens is 1. The van der Waals surface area contributed by atoms with Crippen molar-refractivity contribution in [2.75, 3.05) is 11.9 Å². The van der Waals surface area contributed by atoms with E-state index in [1.165, 1.54) is 11.3 Å². The van der Waals surface area contributed by atoms with Crippen molar-refractivity contribution in [2.45, 2.75) is 20.4 Å². The fourth-order valence-corrected chi connectivity index (χ4v) is 3.92. The van der Waals surface area contributed by atoms with Gasteiger partial charge in [-0.15, -0.1) is 11.3 Å². The number of carbonyl (C=O) groups excluding carboxylic acids is 3. The summed E-state index contributed by atoms with van der Waals surface area (Å²) in [5, 5.41) is 5.99. The van der Waals surface area contributed by atoms with Crippen LogP contribution in [0.2, 0.25) is 0 Å². The Morgan fingerprint density at radius 2 is 2.10 bits per heavy atom. The molecule has 0 bridgehead atoms. The summed E-state index contributed by atoms with van der Waals surface area (Å²) in [6, 6.07) is 10.3. The third kappa shape index (κ3) is 3.90. The van der Waals surface area contributed by atoms with Crippen molar-refractivity contribution in [2.24, 2.45) is 0 Å². The van der Waals surface area contributed by atoms with Crippen LogP contribution in [0.1, 0.15) is 26.7 Å². The second-order valence-electron chi connectivity index (χ2n) is 6.64. The number of urea groups is 1. The number of rotatable bonds is 5. The van der Waals surface area contributed by atoms with Crippen LogP contribution in [0.4, 0.5) is 10.5 Å². The summed E-state index contributed by atoms with van der Waals surface area (Å²) < 4.78 is 5.58. The average Bonchev–Trinajstić information content (AvgIpc) is 3.37. The summed E-state index contributed by atoms with van der Waals surface area (Å²) in [5.74, 6) is 0.859. The van der Waals surface area contributed by atoms with Crippen molar-refractivity contribution in [3.8, 4) is 10.8 Å². The molecule has 3 heterocycles. The van der Waals surface area contributed by atoms with Crippen LogP contribution >= 0.6 is 11.3 Å². The molecule has 0 spiro atoms. The lowest BCUT2D eigenvalue weighted by Crippen LogP contribution is -2.30. The van der Waals surface area contributed by atoms with Gasteiger partial charge in [0.1, 0.15) is 10.6 Å². The van der Waals surface area contributed by atoms with Crippen molar-refractivity contribution >= 4 is 34.9 Å². The molecule has 1 aromatic carbocycles. The van der Waals surface area contributed by atoms with Gasteiger partial charge in [0.05, 0.1) is 18.8 Å². The van der Waals surface area contributed by atoms with E-state index in [1.807, 2.05) is 19.1 Å². The number of nitrogens with one attached hydrogen (secondary N) is 2. The van der Waals surface area contributed by atoms with Crippen molar-refractivity contribution in [1.82, 2.24) is 15.2 Å². The number of aryl methyl sites for hydroxylation is 2. The Labute approximate surface area is 170 Å². The van der Waals surface area contributed by atoms with Gasteiger partial charge in [-0.3, -0.25) is 14.5 Å². The summed E-state index contributed by atoms with van der Waals surface area (Å²) in [7, 11) is 0. The maximum atomic E-state index is 12.7. The predicted molar refractivity (Wildman–Crippen MR) is 108 cm³/mol. The highest BCUT2D eigenvalue weighted by molar-refractivity contribution is 7.17. The van der Waals surface area contributed by atoms with E-state index in [0.717, 1.165) is 16.2 Å². The number of anilines is 1. The quantitative estimate of drug-likeness (QED) is 0.628. The maximum Gasteiger partial charge on any atom is 0.324 e. The van der Waals surface area contributed by atoms with E-state index in [-0.39, 0.29) is 24.9 Å². The molecule has 1 fully saturated rings. The lowest BCUT2D eigenvalue weighted by molar-refractivity contribution is -0.125. The molecule has 2 N–H and O–H groups in total. The largest absolute Gasteiger partial charge is 0.459 e. The first-order valence-electron chi connectivity index (χ1n) is 8.93. The number of benzene rings is 1. The highest BCUT2D eigenvalue weighted by atomic mass is 32.1. The molecular formula is C20H18N4O4S. The van der Waals surface area contributed by atoms with Gasteiger partial charge in [0.15, 0.2) is 10.8 Å². The zero-order valence-corrected chi connectivity index (χ0v) is 16.6. The van der Waals surface area contributed by atoms with Gasteiger partial charge in [-0.25, -0.2) is 9.78 Å². The minimum Gasteiger partial charge on any atom is -0.459 e. The van der Waals surface area contributed by atoms with Gasteiger partial charge in [0, 0.05) is 5.69 Å². The van der Waals surface area contributed by atoms with Crippen LogP contribution in [0.25, 0.3) is 10.8 Å². The van der Waals surface area contributed by atoms with Gasteiger partial charge < -0.3 is 15.1 Å². The summed E-state index contributed by atoms with van der Waals surface area (Å²) in [6.07, 6.45) is 0. The molecule has 8 nitrogen and oxygen atoms in total.